The number of carbonyl (C=O) groups excluding carboxylic acids is 1. The lowest BCUT2D eigenvalue weighted by molar-refractivity contribution is 0.0941. The van der Waals surface area contributed by atoms with Crippen molar-refractivity contribution < 1.29 is 15.0 Å². The van der Waals surface area contributed by atoms with E-state index in [0.29, 0.717) is 13.1 Å². The number of aliphatic hydroxyl groups is 2. The Bertz CT molecular complexity index is 148. The number of rotatable bonds is 5. The second kappa shape index (κ2) is 6.68. The van der Waals surface area contributed by atoms with E-state index >= 15 is 0 Å². The lowest BCUT2D eigenvalue weighted by Crippen LogP contribution is -2.43. The smallest absolute Gasteiger partial charge is 0.317 e. The third kappa shape index (κ3) is 4.69. The maximum absolute atomic E-state index is 11.2. The Morgan fingerprint density at radius 1 is 1.46 bits per heavy atom. The number of urea groups is 1. The number of hydrogen-bond donors (Lipinski definition) is 3. The summed E-state index contributed by atoms with van der Waals surface area (Å²) >= 11 is 0. The standard InChI is InChI=1S/C8H18N2O3/c1-3-10(4-2)8(13)9-5-7(12)6-11/h7,11-12H,3-6H2,1-2H3,(H,9,13). The molecule has 0 saturated carbocycles. The molecule has 0 aromatic carbocycles. The van der Waals surface area contributed by atoms with Gasteiger partial charge in [0.25, 0.3) is 0 Å². The van der Waals surface area contributed by atoms with Crippen molar-refractivity contribution in [2.45, 2.75) is 20.0 Å². The van der Waals surface area contributed by atoms with Crippen molar-refractivity contribution in [3.8, 4) is 0 Å². The molecule has 0 rings (SSSR count). The maximum Gasteiger partial charge on any atom is 0.317 e. The van der Waals surface area contributed by atoms with Crippen molar-refractivity contribution in [1.82, 2.24) is 10.2 Å². The van der Waals surface area contributed by atoms with E-state index < -0.39 is 6.10 Å². The zero-order valence-corrected chi connectivity index (χ0v) is 8.16. The van der Waals surface area contributed by atoms with E-state index in [1.165, 1.54) is 0 Å². The SMILES string of the molecule is CCN(CC)C(=O)NCC(O)CO. The van der Waals surface area contributed by atoms with Crippen LogP contribution in [0, 0.1) is 0 Å². The summed E-state index contributed by atoms with van der Waals surface area (Å²) in [6, 6.07) is -0.211. The van der Waals surface area contributed by atoms with Gasteiger partial charge >= 0.3 is 6.03 Å². The third-order valence-corrected chi connectivity index (χ3v) is 1.75. The summed E-state index contributed by atoms with van der Waals surface area (Å²) in [5.41, 5.74) is 0. The molecule has 0 aliphatic heterocycles. The highest BCUT2D eigenvalue weighted by atomic mass is 16.3. The van der Waals surface area contributed by atoms with Gasteiger partial charge in [0.05, 0.1) is 12.7 Å². The molecule has 0 aromatic rings. The van der Waals surface area contributed by atoms with Crippen LogP contribution in [-0.4, -0.2) is 53.5 Å². The van der Waals surface area contributed by atoms with Crippen LogP contribution in [0.4, 0.5) is 4.79 Å². The lowest BCUT2D eigenvalue weighted by Gasteiger charge is -2.19. The molecule has 0 aromatic heterocycles. The van der Waals surface area contributed by atoms with Gasteiger partial charge in [0, 0.05) is 19.6 Å². The molecule has 0 saturated heterocycles. The Kier molecular flexibility index (Phi) is 6.26. The molecule has 5 nitrogen and oxygen atoms in total. The Hall–Kier alpha value is -0.810. The Balaban J connectivity index is 3.72. The second-order valence-electron chi connectivity index (χ2n) is 2.69. The fourth-order valence-electron chi connectivity index (χ4n) is 0.892. The summed E-state index contributed by atoms with van der Waals surface area (Å²) in [5, 5.41) is 19.9. The molecule has 0 fully saturated rings. The van der Waals surface area contributed by atoms with Gasteiger partial charge in [-0.1, -0.05) is 0 Å². The Morgan fingerprint density at radius 3 is 2.38 bits per heavy atom. The molecular weight excluding hydrogens is 172 g/mol. The van der Waals surface area contributed by atoms with Crippen LogP contribution in [0.2, 0.25) is 0 Å². The zero-order chi connectivity index (χ0) is 10.3. The fourth-order valence-corrected chi connectivity index (χ4v) is 0.892. The lowest BCUT2D eigenvalue weighted by atomic mass is 10.4. The van der Waals surface area contributed by atoms with E-state index in [-0.39, 0.29) is 19.2 Å². The van der Waals surface area contributed by atoms with Gasteiger partial charge in [0.2, 0.25) is 0 Å². The molecule has 1 atom stereocenters. The van der Waals surface area contributed by atoms with Crippen molar-refractivity contribution in [1.29, 1.82) is 0 Å². The minimum atomic E-state index is -0.875. The first-order chi connectivity index (χ1) is 6.15. The molecule has 0 spiro atoms. The van der Waals surface area contributed by atoms with Crippen molar-refractivity contribution >= 4 is 6.03 Å². The molecule has 13 heavy (non-hydrogen) atoms. The first-order valence-corrected chi connectivity index (χ1v) is 4.47. The predicted molar refractivity (Wildman–Crippen MR) is 49.4 cm³/mol. The Labute approximate surface area is 78.4 Å². The highest BCUT2D eigenvalue weighted by Gasteiger charge is 2.10. The molecule has 0 aliphatic carbocycles. The molecule has 0 radical (unpaired) electrons. The first kappa shape index (κ1) is 12.2. The number of carbonyl (C=O) groups is 1. The van der Waals surface area contributed by atoms with Gasteiger partial charge < -0.3 is 20.4 Å². The second-order valence-corrected chi connectivity index (χ2v) is 2.69. The zero-order valence-electron chi connectivity index (χ0n) is 8.16. The van der Waals surface area contributed by atoms with Gasteiger partial charge in [-0.05, 0) is 13.8 Å². The quantitative estimate of drug-likeness (QED) is 0.541. The summed E-state index contributed by atoms with van der Waals surface area (Å²) in [7, 11) is 0. The normalized spacial score (nSPS) is 12.3. The summed E-state index contributed by atoms with van der Waals surface area (Å²) in [5.74, 6) is 0. The van der Waals surface area contributed by atoms with E-state index in [9.17, 15) is 4.79 Å². The molecule has 2 amide bonds. The molecule has 3 N–H and O–H groups in total. The number of amides is 2. The highest BCUT2D eigenvalue weighted by molar-refractivity contribution is 5.74. The summed E-state index contributed by atoms with van der Waals surface area (Å²) in [4.78, 5) is 12.8. The fraction of sp³-hybridized carbons (Fsp3) is 0.875. The van der Waals surface area contributed by atoms with Gasteiger partial charge in [-0.25, -0.2) is 4.79 Å². The minimum absolute atomic E-state index is 0.0891. The van der Waals surface area contributed by atoms with E-state index in [4.69, 9.17) is 10.2 Å². The Morgan fingerprint density at radius 2 is 2.00 bits per heavy atom. The van der Waals surface area contributed by atoms with Crippen molar-refractivity contribution in [3.05, 3.63) is 0 Å². The summed E-state index contributed by atoms with van der Waals surface area (Å²) < 4.78 is 0. The highest BCUT2D eigenvalue weighted by Crippen LogP contribution is 1.88. The average molecular weight is 190 g/mol. The van der Waals surface area contributed by atoms with Crippen LogP contribution in [-0.2, 0) is 0 Å². The monoisotopic (exact) mass is 190 g/mol. The largest absolute Gasteiger partial charge is 0.394 e. The molecule has 0 aliphatic rings. The van der Waals surface area contributed by atoms with Gasteiger partial charge in [0.1, 0.15) is 0 Å². The van der Waals surface area contributed by atoms with Crippen molar-refractivity contribution in [2.75, 3.05) is 26.2 Å². The van der Waals surface area contributed by atoms with Gasteiger partial charge in [-0.15, -0.1) is 0 Å². The molecule has 0 heterocycles. The number of nitrogens with one attached hydrogen (secondary N) is 1. The van der Waals surface area contributed by atoms with Crippen LogP contribution in [0.5, 0.6) is 0 Å². The third-order valence-electron chi connectivity index (χ3n) is 1.75. The van der Waals surface area contributed by atoms with E-state index in [1.54, 1.807) is 4.90 Å². The number of nitrogens with zero attached hydrogens (tertiary/aromatic N) is 1. The van der Waals surface area contributed by atoms with Gasteiger partial charge in [-0.3, -0.25) is 0 Å². The summed E-state index contributed by atoms with van der Waals surface area (Å²) in [6.45, 7) is 4.79. The van der Waals surface area contributed by atoms with Crippen LogP contribution >= 0.6 is 0 Å². The van der Waals surface area contributed by atoms with Crippen LogP contribution in [0.25, 0.3) is 0 Å². The molecule has 0 bridgehead atoms. The topological polar surface area (TPSA) is 72.8 Å². The van der Waals surface area contributed by atoms with E-state index in [0.717, 1.165) is 0 Å². The van der Waals surface area contributed by atoms with Crippen LogP contribution in [0.1, 0.15) is 13.8 Å². The average Bonchev–Trinajstić information content (AvgIpc) is 2.16. The van der Waals surface area contributed by atoms with Crippen molar-refractivity contribution in [2.24, 2.45) is 0 Å². The molecule has 1 unspecified atom stereocenters. The molecular formula is C8H18N2O3. The van der Waals surface area contributed by atoms with E-state index in [2.05, 4.69) is 5.32 Å². The molecule has 78 valence electrons. The van der Waals surface area contributed by atoms with Gasteiger partial charge in [0.15, 0.2) is 0 Å². The first-order valence-electron chi connectivity index (χ1n) is 4.47. The predicted octanol–water partition coefficient (Wildman–Crippen LogP) is -0.609. The van der Waals surface area contributed by atoms with Crippen molar-refractivity contribution in [3.63, 3.8) is 0 Å². The van der Waals surface area contributed by atoms with Crippen LogP contribution in [0.15, 0.2) is 0 Å². The maximum atomic E-state index is 11.2. The van der Waals surface area contributed by atoms with E-state index in [1.807, 2.05) is 13.8 Å². The minimum Gasteiger partial charge on any atom is -0.394 e. The van der Waals surface area contributed by atoms with Crippen LogP contribution < -0.4 is 5.32 Å². The number of hydrogen-bond acceptors (Lipinski definition) is 3. The molecule has 5 heteroatoms. The summed E-state index contributed by atoms with van der Waals surface area (Å²) in [6.07, 6.45) is -0.875. The van der Waals surface area contributed by atoms with Crippen LogP contribution in [0.3, 0.4) is 0 Å². The van der Waals surface area contributed by atoms with Gasteiger partial charge in [-0.2, -0.15) is 0 Å². The number of aliphatic hydroxyl groups excluding tert-OH is 2.